The van der Waals surface area contributed by atoms with Crippen molar-refractivity contribution in [1.29, 1.82) is 0 Å². The third kappa shape index (κ3) is 3.86. The highest BCUT2D eigenvalue weighted by atomic mass is 35.5. The molecule has 3 aliphatic rings. The smallest absolute Gasteiger partial charge is 0.254 e. The Morgan fingerprint density at radius 1 is 0.969 bits per heavy atom. The lowest BCUT2D eigenvalue weighted by atomic mass is 9.96. The summed E-state index contributed by atoms with van der Waals surface area (Å²) in [5, 5.41) is 10.6. The van der Waals surface area contributed by atoms with E-state index in [1.165, 1.54) is 11.3 Å². The van der Waals surface area contributed by atoms with Crippen molar-refractivity contribution in [2.45, 2.75) is 31.3 Å². The number of halogens is 1. The van der Waals surface area contributed by atoms with Crippen LogP contribution in [0.25, 0.3) is 11.1 Å². The number of rotatable bonds is 3. The molecule has 0 spiro atoms. The largest absolute Gasteiger partial charge is 0.380 e. The number of nitrogens with zero attached hydrogens (tertiary/aromatic N) is 3. The zero-order valence-electron chi connectivity index (χ0n) is 18.3. The van der Waals surface area contributed by atoms with Crippen LogP contribution in [0.3, 0.4) is 0 Å². The van der Waals surface area contributed by atoms with Crippen LogP contribution in [0.15, 0.2) is 36.4 Å². The fraction of sp³-hybridized carbons (Fsp3) is 0.440. The van der Waals surface area contributed by atoms with Crippen molar-refractivity contribution in [2.24, 2.45) is 0 Å². The molecule has 0 bridgehead atoms. The van der Waals surface area contributed by atoms with Gasteiger partial charge in [0.2, 0.25) is 0 Å². The molecule has 2 aromatic carbocycles. The second-order valence-corrected chi connectivity index (χ2v) is 9.59. The highest BCUT2D eigenvalue weighted by Crippen LogP contribution is 2.37. The number of piperazine rings is 1. The molecule has 1 N–H and O–H groups in total. The van der Waals surface area contributed by atoms with Crippen LogP contribution in [0.1, 0.15) is 35.2 Å². The summed E-state index contributed by atoms with van der Waals surface area (Å²) in [7, 11) is 2.12. The standard InChI is InChI=1S/C25H28ClN3O3/c1-27-10-2-3-18-15-17(5-7-22(18)27)20-6-4-19(16-21(20)26)23(30)28-11-13-29(14-12-28)24(31)25(32)8-9-25/h4-7,15-16,32H,2-3,8-14H2,1H3. The van der Waals surface area contributed by atoms with Crippen LogP contribution in [0, 0.1) is 0 Å². The van der Waals surface area contributed by atoms with Crippen molar-refractivity contribution in [3.8, 4) is 11.1 Å². The quantitative estimate of drug-likeness (QED) is 0.775. The van der Waals surface area contributed by atoms with Crippen molar-refractivity contribution in [3.63, 3.8) is 0 Å². The van der Waals surface area contributed by atoms with Gasteiger partial charge in [-0.05, 0) is 61.1 Å². The Bertz CT molecular complexity index is 1070. The normalized spacial score (nSPS) is 19.5. The summed E-state index contributed by atoms with van der Waals surface area (Å²) >= 11 is 6.62. The Balaban J connectivity index is 1.28. The minimum atomic E-state index is -1.15. The lowest BCUT2D eigenvalue weighted by Gasteiger charge is -2.35. The number of fused-ring (bicyclic) bond motifs is 1. The summed E-state index contributed by atoms with van der Waals surface area (Å²) in [4.78, 5) is 31.0. The van der Waals surface area contributed by atoms with Gasteiger partial charge in [0.15, 0.2) is 0 Å². The van der Waals surface area contributed by atoms with Crippen LogP contribution < -0.4 is 4.90 Å². The first-order valence-electron chi connectivity index (χ1n) is 11.3. The predicted octanol–water partition coefficient (Wildman–Crippen LogP) is 3.20. The summed E-state index contributed by atoms with van der Waals surface area (Å²) < 4.78 is 0. The highest BCUT2D eigenvalue weighted by molar-refractivity contribution is 6.33. The van der Waals surface area contributed by atoms with E-state index in [0.717, 1.165) is 30.5 Å². The number of aliphatic hydroxyl groups is 1. The molecule has 0 unspecified atom stereocenters. The summed E-state index contributed by atoms with van der Waals surface area (Å²) in [5.74, 6) is -0.281. The van der Waals surface area contributed by atoms with Crippen LogP contribution in [0.5, 0.6) is 0 Å². The van der Waals surface area contributed by atoms with E-state index < -0.39 is 5.60 Å². The SMILES string of the molecule is CN1CCCc2cc(-c3ccc(C(=O)N4CCN(C(=O)C5(O)CC5)CC4)cc3Cl)ccc21. The van der Waals surface area contributed by atoms with Gasteiger partial charge in [-0.2, -0.15) is 0 Å². The van der Waals surface area contributed by atoms with Gasteiger partial charge in [0.1, 0.15) is 5.60 Å². The average molecular weight is 454 g/mol. The maximum Gasteiger partial charge on any atom is 0.254 e. The molecular formula is C25H28ClN3O3. The number of amides is 2. The summed E-state index contributed by atoms with van der Waals surface area (Å²) in [5.41, 5.74) is 3.99. The number of anilines is 1. The van der Waals surface area contributed by atoms with Crippen LogP contribution >= 0.6 is 11.6 Å². The van der Waals surface area contributed by atoms with Crippen LogP contribution in [0.2, 0.25) is 5.02 Å². The first-order chi connectivity index (χ1) is 15.4. The van der Waals surface area contributed by atoms with Crippen molar-refractivity contribution >= 4 is 29.1 Å². The molecule has 0 radical (unpaired) electrons. The van der Waals surface area contributed by atoms with E-state index in [1.807, 2.05) is 12.1 Å². The van der Waals surface area contributed by atoms with Crippen molar-refractivity contribution in [1.82, 2.24) is 9.80 Å². The zero-order chi connectivity index (χ0) is 22.5. The number of carbonyl (C=O) groups excluding carboxylic acids is 2. The summed E-state index contributed by atoms with van der Waals surface area (Å²) in [6, 6.07) is 11.9. The van der Waals surface area contributed by atoms with Crippen molar-refractivity contribution < 1.29 is 14.7 Å². The van der Waals surface area contributed by atoms with Crippen molar-refractivity contribution in [3.05, 3.63) is 52.5 Å². The Hall–Kier alpha value is -2.57. The monoisotopic (exact) mass is 453 g/mol. The molecule has 2 fully saturated rings. The number of hydrogen-bond donors (Lipinski definition) is 1. The van der Waals surface area contributed by atoms with Gasteiger partial charge < -0.3 is 19.8 Å². The van der Waals surface area contributed by atoms with Gasteiger partial charge in [-0.1, -0.05) is 23.7 Å². The number of hydrogen-bond acceptors (Lipinski definition) is 4. The van der Waals surface area contributed by atoms with E-state index >= 15 is 0 Å². The van der Waals surface area contributed by atoms with E-state index in [9.17, 15) is 14.7 Å². The Kier molecular flexibility index (Phi) is 5.38. The minimum Gasteiger partial charge on any atom is -0.380 e. The molecule has 32 heavy (non-hydrogen) atoms. The Morgan fingerprint density at radius 2 is 1.69 bits per heavy atom. The highest BCUT2D eigenvalue weighted by Gasteiger charge is 2.50. The van der Waals surface area contributed by atoms with E-state index in [1.54, 1.807) is 15.9 Å². The van der Waals surface area contributed by atoms with Gasteiger partial charge in [0.25, 0.3) is 11.8 Å². The van der Waals surface area contributed by atoms with Gasteiger partial charge in [0.05, 0.1) is 0 Å². The first kappa shape index (κ1) is 21.3. The Morgan fingerprint density at radius 3 is 2.38 bits per heavy atom. The molecule has 5 rings (SSSR count). The number of carbonyl (C=O) groups is 2. The molecule has 168 valence electrons. The molecule has 6 nitrogen and oxygen atoms in total. The van der Waals surface area contributed by atoms with Gasteiger partial charge in [-0.3, -0.25) is 9.59 Å². The van der Waals surface area contributed by atoms with Crippen LogP contribution in [-0.4, -0.2) is 72.1 Å². The maximum absolute atomic E-state index is 13.0. The van der Waals surface area contributed by atoms with Gasteiger partial charge >= 0.3 is 0 Å². The summed E-state index contributed by atoms with van der Waals surface area (Å²) in [6.07, 6.45) is 3.29. The number of benzene rings is 2. The average Bonchev–Trinajstić information content (AvgIpc) is 3.56. The predicted molar refractivity (Wildman–Crippen MR) is 125 cm³/mol. The van der Waals surface area contributed by atoms with Crippen molar-refractivity contribution in [2.75, 3.05) is 44.7 Å². The maximum atomic E-state index is 13.0. The van der Waals surface area contributed by atoms with Crippen LogP contribution in [-0.2, 0) is 11.2 Å². The van der Waals surface area contributed by atoms with Crippen LogP contribution in [0.4, 0.5) is 5.69 Å². The van der Waals surface area contributed by atoms with Gasteiger partial charge in [-0.25, -0.2) is 0 Å². The third-order valence-electron chi connectivity index (χ3n) is 6.93. The molecule has 1 saturated heterocycles. The number of aryl methyl sites for hydroxylation is 1. The fourth-order valence-electron chi connectivity index (χ4n) is 4.76. The molecule has 0 atom stereocenters. The molecular weight excluding hydrogens is 426 g/mol. The zero-order valence-corrected chi connectivity index (χ0v) is 19.1. The van der Waals surface area contributed by atoms with Gasteiger partial charge in [-0.15, -0.1) is 0 Å². The van der Waals surface area contributed by atoms with E-state index in [4.69, 9.17) is 11.6 Å². The second-order valence-electron chi connectivity index (χ2n) is 9.18. The summed E-state index contributed by atoms with van der Waals surface area (Å²) in [6.45, 7) is 2.88. The lowest BCUT2D eigenvalue weighted by molar-refractivity contribution is -0.143. The first-order valence-corrected chi connectivity index (χ1v) is 11.7. The fourth-order valence-corrected chi connectivity index (χ4v) is 5.05. The molecule has 0 aromatic heterocycles. The molecule has 2 aliphatic heterocycles. The molecule has 7 heteroatoms. The molecule has 1 aliphatic carbocycles. The molecule has 2 aromatic rings. The minimum absolute atomic E-state index is 0.0808. The lowest BCUT2D eigenvalue weighted by Crippen LogP contribution is -2.53. The second kappa shape index (κ2) is 8.09. The van der Waals surface area contributed by atoms with E-state index in [2.05, 4.69) is 30.1 Å². The molecule has 2 amide bonds. The van der Waals surface area contributed by atoms with E-state index in [0.29, 0.717) is 49.6 Å². The van der Waals surface area contributed by atoms with Gasteiger partial charge in [0, 0.05) is 61.6 Å². The third-order valence-corrected chi connectivity index (χ3v) is 7.25. The molecule has 1 saturated carbocycles. The Labute approximate surface area is 193 Å². The van der Waals surface area contributed by atoms with E-state index in [-0.39, 0.29) is 11.8 Å². The topological polar surface area (TPSA) is 64.1 Å². The molecule has 2 heterocycles.